The summed E-state index contributed by atoms with van der Waals surface area (Å²) in [5.74, 6) is 0.414. The maximum absolute atomic E-state index is 13.0. The Morgan fingerprint density at radius 1 is 1.21 bits per heavy atom. The number of benzene rings is 1. The topological polar surface area (TPSA) is 68.1 Å². The van der Waals surface area contributed by atoms with Crippen molar-refractivity contribution in [1.82, 2.24) is 14.8 Å². The van der Waals surface area contributed by atoms with Gasteiger partial charge in [0, 0.05) is 37.7 Å². The summed E-state index contributed by atoms with van der Waals surface area (Å²) in [6.45, 7) is 0. The highest BCUT2D eigenvalue weighted by Gasteiger charge is 2.31. The van der Waals surface area contributed by atoms with E-state index in [-0.39, 0.29) is 5.03 Å². The molecule has 24 heavy (non-hydrogen) atoms. The smallest absolute Gasteiger partial charge is 0.268 e. The number of sulfonamides is 1. The van der Waals surface area contributed by atoms with E-state index < -0.39 is 10.0 Å². The zero-order valence-corrected chi connectivity index (χ0v) is 14.4. The van der Waals surface area contributed by atoms with E-state index in [0.29, 0.717) is 11.6 Å². The number of pyridine rings is 1. The maximum atomic E-state index is 13.0. The van der Waals surface area contributed by atoms with Gasteiger partial charge in [-0.25, -0.2) is 0 Å². The Morgan fingerprint density at radius 2 is 2.00 bits per heavy atom. The molecule has 4 rings (SSSR count). The van der Waals surface area contributed by atoms with Gasteiger partial charge in [0.1, 0.15) is 0 Å². The highest BCUT2D eigenvalue weighted by atomic mass is 32.2. The van der Waals surface area contributed by atoms with Crippen LogP contribution in [0.2, 0.25) is 0 Å². The van der Waals surface area contributed by atoms with E-state index in [0.717, 1.165) is 29.4 Å². The number of aromatic nitrogens is 3. The molecule has 2 heterocycles. The van der Waals surface area contributed by atoms with Crippen molar-refractivity contribution in [2.75, 3.05) is 11.4 Å². The second-order valence-electron chi connectivity index (χ2n) is 6.16. The highest BCUT2D eigenvalue weighted by molar-refractivity contribution is 7.92. The van der Waals surface area contributed by atoms with Crippen LogP contribution in [0.1, 0.15) is 24.5 Å². The zero-order valence-electron chi connectivity index (χ0n) is 13.5. The second kappa shape index (κ2) is 5.31. The van der Waals surface area contributed by atoms with Gasteiger partial charge in [-0.2, -0.15) is 13.5 Å². The molecule has 1 aliphatic carbocycles. The first-order chi connectivity index (χ1) is 11.5. The van der Waals surface area contributed by atoms with Gasteiger partial charge in [-0.1, -0.05) is 6.07 Å². The average Bonchev–Trinajstić information content (AvgIpc) is 3.35. The maximum Gasteiger partial charge on any atom is 0.281 e. The molecule has 0 radical (unpaired) electrons. The molecule has 1 fully saturated rings. The molecule has 1 saturated carbocycles. The van der Waals surface area contributed by atoms with Crippen molar-refractivity contribution >= 4 is 26.6 Å². The fourth-order valence-corrected chi connectivity index (χ4v) is 4.15. The lowest BCUT2D eigenvalue weighted by molar-refractivity contribution is 0.574. The Bertz CT molecular complexity index is 1020. The number of anilines is 1. The number of rotatable bonds is 4. The van der Waals surface area contributed by atoms with Crippen molar-refractivity contribution in [2.24, 2.45) is 7.05 Å². The van der Waals surface area contributed by atoms with Gasteiger partial charge in [-0.15, -0.1) is 0 Å². The molecule has 0 saturated heterocycles. The van der Waals surface area contributed by atoms with Crippen LogP contribution in [0, 0.1) is 0 Å². The third kappa shape index (κ3) is 2.45. The van der Waals surface area contributed by atoms with Gasteiger partial charge in [0.25, 0.3) is 10.0 Å². The summed E-state index contributed by atoms with van der Waals surface area (Å²) in [6.07, 6.45) is 3.89. The van der Waals surface area contributed by atoms with Crippen LogP contribution in [0.4, 0.5) is 5.69 Å². The van der Waals surface area contributed by atoms with Crippen molar-refractivity contribution in [3.63, 3.8) is 0 Å². The largest absolute Gasteiger partial charge is 0.281 e. The van der Waals surface area contributed by atoms with Gasteiger partial charge >= 0.3 is 0 Å². The van der Waals surface area contributed by atoms with Gasteiger partial charge in [-0.3, -0.25) is 14.0 Å². The van der Waals surface area contributed by atoms with Crippen molar-refractivity contribution in [3.8, 4) is 0 Å². The Hall–Kier alpha value is -2.41. The first-order valence-corrected chi connectivity index (χ1v) is 9.28. The van der Waals surface area contributed by atoms with E-state index >= 15 is 0 Å². The average molecular weight is 342 g/mol. The number of fused-ring (bicyclic) bond motifs is 1. The van der Waals surface area contributed by atoms with Crippen LogP contribution < -0.4 is 4.31 Å². The molecule has 124 valence electrons. The first kappa shape index (κ1) is 15.1. The van der Waals surface area contributed by atoms with Gasteiger partial charge in [0.2, 0.25) is 0 Å². The molecular weight excluding hydrogens is 324 g/mol. The Balaban J connectivity index is 1.74. The van der Waals surface area contributed by atoms with E-state index in [4.69, 9.17) is 0 Å². The zero-order chi connectivity index (χ0) is 16.9. The molecule has 0 bridgehead atoms. The normalized spacial score (nSPS) is 14.9. The highest BCUT2D eigenvalue weighted by Crippen LogP contribution is 2.40. The molecule has 1 aliphatic rings. The molecule has 0 amide bonds. The number of hydrogen-bond donors (Lipinski definition) is 0. The van der Waals surface area contributed by atoms with Gasteiger partial charge < -0.3 is 0 Å². The van der Waals surface area contributed by atoms with Crippen LogP contribution in [0.25, 0.3) is 10.9 Å². The Labute approximate surface area is 140 Å². The lowest BCUT2D eigenvalue weighted by Crippen LogP contribution is -2.28. The molecule has 0 spiro atoms. The minimum atomic E-state index is -3.66. The number of nitrogens with zero attached hydrogens (tertiary/aromatic N) is 4. The summed E-state index contributed by atoms with van der Waals surface area (Å²) in [4.78, 5) is 4.26. The molecule has 6 nitrogen and oxygen atoms in total. The van der Waals surface area contributed by atoms with E-state index in [9.17, 15) is 8.42 Å². The molecule has 0 N–H and O–H groups in total. The van der Waals surface area contributed by atoms with Crippen LogP contribution in [-0.4, -0.2) is 30.2 Å². The van der Waals surface area contributed by atoms with Gasteiger partial charge in [0.15, 0.2) is 5.03 Å². The van der Waals surface area contributed by atoms with Crippen molar-refractivity contribution in [3.05, 3.63) is 48.3 Å². The molecular formula is C17H18N4O2S. The first-order valence-electron chi connectivity index (χ1n) is 7.84. The summed E-state index contributed by atoms with van der Waals surface area (Å²) in [7, 11) is -0.419. The Morgan fingerprint density at radius 3 is 2.75 bits per heavy atom. The van der Waals surface area contributed by atoms with Gasteiger partial charge in [0.05, 0.1) is 16.9 Å². The molecule has 2 aromatic heterocycles. The summed E-state index contributed by atoms with van der Waals surface area (Å²) >= 11 is 0. The second-order valence-corrected chi connectivity index (χ2v) is 8.07. The molecule has 0 atom stereocenters. The summed E-state index contributed by atoms with van der Waals surface area (Å²) in [5.41, 5.74) is 2.31. The third-order valence-electron chi connectivity index (χ3n) is 4.43. The molecule has 1 aromatic carbocycles. The summed E-state index contributed by atoms with van der Waals surface area (Å²) in [5, 5.41) is 5.49. The lowest BCUT2D eigenvalue weighted by atomic mass is 10.2. The molecule has 3 aromatic rings. The number of hydrogen-bond acceptors (Lipinski definition) is 4. The minimum absolute atomic E-state index is 0.221. The summed E-state index contributed by atoms with van der Waals surface area (Å²) in [6, 6.07) is 10.9. The molecule has 0 unspecified atom stereocenters. The van der Waals surface area contributed by atoms with Crippen LogP contribution in [0.5, 0.6) is 0 Å². The minimum Gasteiger partial charge on any atom is -0.268 e. The predicted octanol–water partition coefficient (Wildman–Crippen LogP) is 2.67. The SMILES string of the molecule is CN(c1ccc2ncccc2c1)S(=O)(=O)c1cc(C2CC2)nn1C. The summed E-state index contributed by atoms with van der Waals surface area (Å²) < 4.78 is 28.7. The van der Waals surface area contributed by atoms with Crippen LogP contribution in [0.3, 0.4) is 0 Å². The molecule has 7 heteroatoms. The van der Waals surface area contributed by atoms with E-state index in [2.05, 4.69) is 10.1 Å². The van der Waals surface area contributed by atoms with E-state index in [1.54, 1.807) is 32.4 Å². The quantitative estimate of drug-likeness (QED) is 0.731. The number of aryl methyl sites for hydroxylation is 1. The lowest BCUT2D eigenvalue weighted by Gasteiger charge is -2.19. The monoisotopic (exact) mass is 342 g/mol. The van der Waals surface area contributed by atoms with Crippen LogP contribution >= 0.6 is 0 Å². The van der Waals surface area contributed by atoms with Crippen molar-refractivity contribution < 1.29 is 8.42 Å². The van der Waals surface area contributed by atoms with E-state index in [1.165, 1.54) is 8.99 Å². The fourth-order valence-electron chi connectivity index (χ4n) is 2.83. The standard InChI is InChI=1S/C17H18N4O2S/c1-20-17(11-16(19-20)12-5-6-12)24(22,23)21(2)14-7-8-15-13(10-14)4-3-9-18-15/h3-4,7-12H,5-6H2,1-2H3. The molecule has 0 aliphatic heterocycles. The Kier molecular flexibility index (Phi) is 3.35. The van der Waals surface area contributed by atoms with Crippen molar-refractivity contribution in [1.29, 1.82) is 0 Å². The van der Waals surface area contributed by atoms with Crippen LogP contribution in [-0.2, 0) is 17.1 Å². The van der Waals surface area contributed by atoms with Crippen LogP contribution in [0.15, 0.2) is 47.6 Å². The predicted molar refractivity (Wildman–Crippen MR) is 92.5 cm³/mol. The third-order valence-corrected chi connectivity index (χ3v) is 6.27. The van der Waals surface area contributed by atoms with E-state index in [1.807, 2.05) is 24.3 Å². The fraction of sp³-hybridized carbons (Fsp3) is 0.294. The van der Waals surface area contributed by atoms with Crippen molar-refractivity contribution in [2.45, 2.75) is 23.8 Å². The van der Waals surface area contributed by atoms with Gasteiger partial charge in [-0.05, 0) is 37.1 Å².